The topological polar surface area (TPSA) is 124 Å². The Labute approximate surface area is 215 Å². The summed E-state index contributed by atoms with van der Waals surface area (Å²) in [4.78, 5) is 27.4. The number of nitrogens with one attached hydrogen (secondary N) is 1. The molecule has 9 nitrogen and oxygen atoms in total. The highest BCUT2D eigenvalue weighted by atomic mass is 35.5. The smallest absolute Gasteiger partial charge is 0.356 e. The maximum absolute atomic E-state index is 11.7. The molecule has 188 valence electrons. The van der Waals surface area contributed by atoms with Crippen LogP contribution in [0.2, 0.25) is 5.15 Å². The summed E-state index contributed by atoms with van der Waals surface area (Å²) < 4.78 is 5.59. The zero-order valence-electron chi connectivity index (χ0n) is 20.6. The monoisotopic (exact) mass is 508 g/mol. The molecule has 0 unspecified atom stereocenters. The van der Waals surface area contributed by atoms with Crippen molar-refractivity contribution >= 4 is 40.1 Å². The maximum Gasteiger partial charge on any atom is 0.356 e. The molecule has 1 aliphatic rings. The zero-order chi connectivity index (χ0) is 25.8. The number of ether oxygens (including phenoxy) is 1. The molecule has 2 N–H and O–H groups in total. The first-order valence-corrected chi connectivity index (χ1v) is 12.4. The largest absolute Gasteiger partial charge is 0.476 e. The lowest BCUT2D eigenvalue weighted by Gasteiger charge is -2.33. The summed E-state index contributed by atoms with van der Waals surface area (Å²) in [7, 11) is 0. The Morgan fingerprint density at radius 3 is 2.72 bits per heavy atom. The molecule has 0 saturated carbocycles. The molecule has 4 rings (SSSR count). The Hall–Kier alpha value is -3.48. The molecule has 3 aromatic rings. The van der Waals surface area contributed by atoms with Crippen LogP contribution < -0.4 is 10.2 Å². The number of aryl methyl sites for hydroxylation is 1. The van der Waals surface area contributed by atoms with Crippen LogP contribution in [-0.2, 0) is 4.74 Å². The molecule has 0 amide bonds. The second-order valence-corrected chi connectivity index (χ2v) is 9.41. The first kappa shape index (κ1) is 25.6. The summed E-state index contributed by atoms with van der Waals surface area (Å²) >= 11 is 5.91. The van der Waals surface area contributed by atoms with Gasteiger partial charge in [-0.1, -0.05) is 17.7 Å². The number of carboxylic acid groups (broad SMARTS) is 1. The summed E-state index contributed by atoms with van der Waals surface area (Å²) in [5.74, 6) is -0.0923. The molecule has 3 heterocycles. The first-order valence-electron chi connectivity index (χ1n) is 12.0. The highest BCUT2D eigenvalue weighted by Crippen LogP contribution is 2.32. The van der Waals surface area contributed by atoms with Gasteiger partial charge >= 0.3 is 5.97 Å². The molecular formula is C26H29ClN6O3. The lowest BCUT2D eigenvalue weighted by molar-refractivity contribution is 0.0691. The van der Waals surface area contributed by atoms with Crippen molar-refractivity contribution in [2.75, 3.05) is 36.5 Å². The molecule has 36 heavy (non-hydrogen) atoms. The molecule has 0 bridgehead atoms. The molecule has 1 saturated heterocycles. The van der Waals surface area contributed by atoms with Gasteiger partial charge in [0.15, 0.2) is 17.2 Å². The van der Waals surface area contributed by atoms with Crippen molar-refractivity contribution in [1.82, 2.24) is 15.0 Å². The zero-order valence-corrected chi connectivity index (χ0v) is 21.3. The quantitative estimate of drug-likeness (QED) is 0.405. The van der Waals surface area contributed by atoms with Crippen molar-refractivity contribution in [2.24, 2.45) is 5.92 Å². The molecular weight excluding hydrogens is 480 g/mol. The first-order chi connectivity index (χ1) is 17.3. The predicted molar refractivity (Wildman–Crippen MR) is 139 cm³/mol. The third-order valence-electron chi connectivity index (χ3n) is 6.41. The van der Waals surface area contributed by atoms with E-state index in [1.807, 2.05) is 32.9 Å². The fourth-order valence-electron chi connectivity index (χ4n) is 4.57. The van der Waals surface area contributed by atoms with Crippen molar-refractivity contribution in [2.45, 2.75) is 39.7 Å². The Morgan fingerprint density at radius 1 is 1.31 bits per heavy atom. The van der Waals surface area contributed by atoms with Gasteiger partial charge in [-0.05, 0) is 63.3 Å². The van der Waals surface area contributed by atoms with E-state index in [-0.39, 0.29) is 16.9 Å². The SMILES string of the molecule is CCOCC1CCN(c2nc3c([C@@H](C)Nc4ccc(Cl)nc4C(=O)O)cc(C)cc3nc2C#N)CC1. The number of benzene rings is 1. The standard InChI is InChI=1S/C26H29ClN6O3/c1-4-36-14-17-7-9-33(10-8-17)25-21(13-28)30-20-12-15(2)11-18(23(20)32-25)16(3)29-19-5-6-22(27)31-24(19)26(34)35/h5-6,11-12,16-17,29H,4,7-10,14H2,1-3H3,(H,34,35)/t16-/m1/s1. The summed E-state index contributed by atoms with van der Waals surface area (Å²) in [6.45, 7) is 8.90. The number of halogens is 1. The van der Waals surface area contributed by atoms with Gasteiger partial charge < -0.3 is 20.1 Å². The van der Waals surface area contributed by atoms with Crippen LogP contribution in [0.15, 0.2) is 24.3 Å². The highest BCUT2D eigenvalue weighted by molar-refractivity contribution is 6.29. The number of aromatic carboxylic acids is 1. The normalized spacial score (nSPS) is 15.0. The maximum atomic E-state index is 11.7. The van der Waals surface area contributed by atoms with Crippen LogP contribution in [0.5, 0.6) is 0 Å². The molecule has 1 aliphatic heterocycles. The molecule has 1 aromatic carbocycles. The molecule has 0 aliphatic carbocycles. The molecule has 0 spiro atoms. The number of hydrogen-bond acceptors (Lipinski definition) is 8. The molecule has 0 radical (unpaired) electrons. The Morgan fingerprint density at radius 2 is 2.06 bits per heavy atom. The van der Waals surface area contributed by atoms with E-state index >= 15 is 0 Å². The average Bonchev–Trinajstić information content (AvgIpc) is 2.87. The van der Waals surface area contributed by atoms with Gasteiger partial charge in [0.2, 0.25) is 0 Å². The lowest BCUT2D eigenvalue weighted by Crippen LogP contribution is -2.36. The number of nitriles is 1. The van der Waals surface area contributed by atoms with E-state index in [2.05, 4.69) is 26.3 Å². The van der Waals surface area contributed by atoms with Crippen molar-refractivity contribution in [3.8, 4) is 6.07 Å². The number of anilines is 2. The van der Waals surface area contributed by atoms with E-state index < -0.39 is 5.97 Å². The van der Waals surface area contributed by atoms with Gasteiger partial charge in [0, 0.05) is 31.9 Å². The minimum atomic E-state index is -1.17. The van der Waals surface area contributed by atoms with E-state index in [0.717, 1.165) is 43.7 Å². The van der Waals surface area contributed by atoms with Crippen LogP contribution in [0.1, 0.15) is 60.0 Å². The summed E-state index contributed by atoms with van der Waals surface area (Å²) in [5.41, 5.74) is 3.61. The molecule has 1 atom stereocenters. The third kappa shape index (κ3) is 5.50. The van der Waals surface area contributed by atoms with Gasteiger partial charge in [-0.25, -0.2) is 19.7 Å². The van der Waals surface area contributed by atoms with Gasteiger partial charge in [0.25, 0.3) is 0 Å². The van der Waals surface area contributed by atoms with Crippen LogP contribution in [-0.4, -0.2) is 52.3 Å². The Kier molecular flexibility index (Phi) is 7.87. The van der Waals surface area contributed by atoms with Crippen LogP contribution in [0.4, 0.5) is 11.5 Å². The third-order valence-corrected chi connectivity index (χ3v) is 6.62. The van der Waals surface area contributed by atoms with E-state index in [1.165, 1.54) is 0 Å². The van der Waals surface area contributed by atoms with Gasteiger partial charge in [0.1, 0.15) is 11.2 Å². The van der Waals surface area contributed by atoms with E-state index in [0.29, 0.717) is 40.8 Å². The van der Waals surface area contributed by atoms with E-state index in [4.69, 9.17) is 21.3 Å². The predicted octanol–water partition coefficient (Wildman–Crippen LogP) is 4.98. The number of hydrogen-bond donors (Lipinski definition) is 2. The van der Waals surface area contributed by atoms with Crippen molar-refractivity contribution < 1.29 is 14.6 Å². The number of nitrogens with zero attached hydrogens (tertiary/aromatic N) is 5. The van der Waals surface area contributed by atoms with E-state index in [9.17, 15) is 15.2 Å². The summed E-state index contributed by atoms with van der Waals surface area (Å²) in [6.07, 6.45) is 1.93. The number of piperidine rings is 1. The van der Waals surface area contributed by atoms with Crippen LogP contribution >= 0.6 is 11.6 Å². The minimum Gasteiger partial charge on any atom is -0.476 e. The van der Waals surface area contributed by atoms with Crippen molar-refractivity contribution in [1.29, 1.82) is 5.26 Å². The van der Waals surface area contributed by atoms with Crippen LogP contribution in [0.3, 0.4) is 0 Å². The number of carbonyl (C=O) groups is 1. The van der Waals surface area contributed by atoms with Crippen LogP contribution in [0.25, 0.3) is 11.0 Å². The second-order valence-electron chi connectivity index (χ2n) is 9.02. The Balaban J connectivity index is 1.69. The number of rotatable bonds is 8. The van der Waals surface area contributed by atoms with Gasteiger partial charge in [-0.2, -0.15) is 5.26 Å². The number of pyridine rings is 1. The lowest BCUT2D eigenvalue weighted by atomic mass is 9.97. The number of aromatic nitrogens is 3. The Bertz CT molecular complexity index is 1320. The fourth-order valence-corrected chi connectivity index (χ4v) is 4.72. The fraction of sp³-hybridized carbons (Fsp3) is 0.423. The highest BCUT2D eigenvalue weighted by Gasteiger charge is 2.25. The van der Waals surface area contributed by atoms with Crippen LogP contribution in [0, 0.1) is 24.2 Å². The summed E-state index contributed by atoms with van der Waals surface area (Å²) in [6, 6.07) is 8.96. The second kappa shape index (κ2) is 11.1. The molecule has 1 fully saturated rings. The van der Waals surface area contributed by atoms with Crippen molar-refractivity contribution in [3.63, 3.8) is 0 Å². The number of fused-ring (bicyclic) bond motifs is 1. The van der Waals surface area contributed by atoms with Gasteiger partial charge in [-0.3, -0.25) is 0 Å². The summed E-state index contributed by atoms with van der Waals surface area (Å²) in [5, 5.41) is 22.8. The van der Waals surface area contributed by atoms with Crippen molar-refractivity contribution in [3.05, 3.63) is 51.9 Å². The molecule has 2 aromatic heterocycles. The van der Waals surface area contributed by atoms with Gasteiger partial charge in [0.05, 0.1) is 22.8 Å². The molecule has 10 heteroatoms. The van der Waals surface area contributed by atoms with E-state index in [1.54, 1.807) is 12.1 Å². The average molecular weight is 509 g/mol. The minimum absolute atomic E-state index is 0.108. The number of carboxylic acids is 1. The van der Waals surface area contributed by atoms with Gasteiger partial charge in [-0.15, -0.1) is 0 Å².